The highest BCUT2D eigenvalue weighted by atomic mass is 16.2. The fraction of sp³-hybridized carbons (Fsp3) is 0.214. The Labute approximate surface area is 214 Å². The van der Waals surface area contributed by atoms with E-state index in [1.54, 1.807) is 12.1 Å². The molecule has 0 saturated carbocycles. The minimum atomic E-state index is -0.715. The van der Waals surface area contributed by atoms with Crippen molar-refractivity contribution in [3.63, 3.8) is 0 Å². The summed E-state index contributed by atoms with van der Waals surface area (Å²) < 4.78 is 1.31. The lowest BCUT2D eigenvalue weighted by Gasteiger charge is -2.25. The number of nitrogens with zero attached hydrogens (tertiary/aromatic N) is 4. The molecule has 37 heavy (non-hydrogen) atoms. The number of aromatic nitrogens is 3. The Kier molecular flexibility index (Phi) is 7.83. The minimum absolute atomic E-state index is 0.0418. The first-order chi connectivity index (χ1) is 17.9. The van der Waals surface area contributed by atoms with Gasteiger partial charge in [-0.15, -0.1) is 0 Å². The van der Waals surface area contributed by atoms with Gasteiger partial charge in [0.2, 0.25) is 0 Å². The average Bonchev–Trinajstić information content (AvgIpc) is 2.92. The Bertz CT molecular complexity index is 1460. The quantitative estimate of drug-likeness (QED) is 0.361. The van der Waals surface area contributed by atoms with Crippen LogP contribution in [-0.4, -0.2) is 27.5 Å². The number of hydrogen-bond acceptors (Lipinski definition) is 6. The third-order valence-electron chi connectivity index (χ3n) is 6.13. The zero-order valence-corrected chi connectivity index (χ0v) is 20.9. The zero-order chi connectivity index (χ0) is 26.4. The van der Waals surface area contributed by atoms with E-state index in [1.807, 2.05) is 79.5 Å². The number of hydrogen-bond donors (Lipinski definition) is 2. The van der Waals surface area contributed by atoms with Crippen molar-refractivity contribution in [1.29, 1.82) is 0 Å². The molecule has 4 rings (SSSR count). The Morgan fingerprint density at radius 2 is 1.68 bits per heavy atom. The van der Waals surface area contributed by atoms with Crippen molar-refractivity contribution in [2.75, 3.05) is 22.6 Å². The van der Waals surface area contributed by atoms with Gasteiger partial charge in [-0.2, -0.15) is 0 Å². The van der Waals surface area contributed by atoms with Gasteiger partial charge in [-0.3, -0.25) is 24.0 Å². The molecule has 0 unspecified atom stereocenters. The number of nitrogens with one attached hydrogen (secondary N) is 1. The highest BCUT2D eigenvalue weighted by molar-refractivity contribution is 6.07. The van der Waals surface area contributed by atoms with E-state index in [-0.39, 0.29) is 23.6 Å². The van der Waals surface area contributed by atoms with Gasteiger partial charge in [0, 0.05) is 25.5 Å². The van der Waals surface area contributed by atoms with Crippen molar-refractivity contribution in [1.82, 2.24) is 14.5 Å². The summed E-state index contributed by atoms with van der Waals surface area (Å²) in [5.74, 6) is 0.158. The van der Waals surface area contributed by atoms with E-state index in [4.69, 9.17) is 5.73 Å². The minimum Gasteiger partial charge on any atom is -0.383 e. The number of anilines is 4. The van der Waals surface area contributed by atoms with E-state index in [0.717, 1.165) is 17.7 Å². The zero-order valence-electron chi connectivity index (χ0n) is 20.9. The normalized spacial score (nSPS) is 10.8. The van der Waals surface area contributed by atoms with Gasteiger partial charge in [0.05, 0.1) is 12.1 Å². The molecule has 190 valence electrons. The molecular formula is C28H30N6O3. The third kappa shape index (κ3) is 5.61. The Hall–Kier alpha value is -4.66. The molecule has 0 spiro atoms. The Morgan fingerprint density at radius 1 is 1.00 bits per heavy atom. The molecule has 2 heterocycles. The molecule has 9 nitrogen and oxygen atoms in total. The molecule has 9 heteroatoms. The van der Waals surface area contributed by atoms with Crippen LogP contribution in [0.1, 0.15) is 35.7 Å². The number of aromatic amines is 1. The van der Waals surface area contributed by atoms with Crippen LogP contribution >= 0.6 is 0 Å². The third-order valence-corrected chi connectivity index (χ3v) is 6.13. The summed E-state index contributed by atoms with van der Waals surface area (Å²) in [7, 11) is 1.89. The first-order valence-electron chi connectivity index (χ1n) is 12.1. The molecule has 0 atom stereocenters. The highest BCUT2D eigenvalue weighted by Crippen LogP contribution is 2.24. The van der Waals surface area contributed by atoms with E-state index < -0.39 is 17.2 Å². The number of benzene rings is 2. The number of carbonyl (C=O) groups excluding carboxylic acids is 1. The van der Waals surface area contributed by atoms with E-state index in [1.165, 1.54) is 15.7 Å². The molecule has 1 amide bonds. The summed E-state index contributed by atoms with van der Waals surface area (Å²) >= 11 is 0. The lowest BCUT2D eigenvalue weighted by Crippen LogP contribution is -2.41. The second kappa shape index (κ2) is 11.4. The smallest absolute Gasteiger partial charge is 0.330 e. The molecule has 0 aliphatic rings. The largest absolute Gasteiger partial charge is 0.383 e. The number of H-pyrrole nitrogens is 1. The van der Waals surface area contributed by atoms with Crippen LogP contribution in [0.25, 0.3) is 0 Å². The topological polar surface area (TPSA) is 117 Å². The second-order valence-corrected chi connectivity index (χ2v) is 8.67. The lowest BCUT2D eigenvalue weighted by atomic mass is 10.1. The van der Waals surface area contributed by atoms with Crippen LogP contribution in [0.2, 0.25) is 0 Å². The molecule has 4 aromatic rings. The summed E-state index contributed by atoms with van der Waals surface area (Å²) in [5.41, 5.74) is 7.02. The van der Waals surface area contributed by atoms with Crippen molar-refractivity contribution in [2.24, 2.45) is 0 Å². The highest BCUT2D eigenvalue weighted by Gasteiger charge is 2.26. The molecule has 0 aliphatic heterocycles. The molecule has 0 fully saturated rings. The molecule has 3 N–H and O–H groups in total. The van der Waals surface area contributed by atoms with E-state index in [9.17, 15) is 14.4 Å². The number of unbranched alkanes of at least 4 members (excludes halogenated alkanes) is 1. The van der Waals surface area contributed by atoms with Crippen LogP contribution in [0.5, 0.6) is 0 Å². The van der Waals surface area contributed by atoms with Crippen LogP contribution < -0.4 is 26.8 Å². The van der Waals surface area contributed by atoms with Crippen molar-refractivity contribution in [3.05, 3.63) is 111 Å². The van der Waals surface area contributed by atoms with Crippen molar-refractivity contribution >= 4 is 28.9 Å². The van der Waals surface area contributed by atoms with Crippen LogP contribution in [0.15, 0.2) is 88.6 Å². The van der Waals surface area contributed by atoms with Crippen molar-refractivity contribution < 1.29 is 4.79 Å². The summed E-state index contributed by atoms with van der Waals surface area (Å²) in [6.07, 6.45) is 3.01. The maximum Gasteiger partial charge on any atom is 0.330 e. The van der Waals surface area contributed by atoms with Crippen molar-refractivity contribution in [2.45, 2.75) is 32.9 Å². The average molecular weight is 499 g/mol. The van der Waals surface area contributed by atoms with Crippen LogP contribution in [0.3, 0.4) is 0 Å². The SMILES string of the molecule is CCCCn1c(N)c(N(Cc2ccccc2)C(=O)c2ccc(N(C)c3ccccc3)nc2)c(=O)[nH]c1=O. The van der Waals surface area contributed by atoms with Crippen LogP contribution in [0.4, 0.5) is 23.0 Å². The second-order valence-electron chi connectivity index (χ2n) is 8.67. The van der Waals surface area contributed by atoms with Crippen molar-refractivity contribution in [3.8, 4) is 0 Å². The number of rotatable bonds is 9. The van der Waals surface area contributed by atoms with Crippen LogP contribution in [0, 0.1) is 0 Å². The maximum absolute atomic E-state index is 13.8. The number of carbonyl (C=O) groups is 1. The maximum atomic E-state index is 13.8. The monoisotopic (exact) mass is 498 g/mol. The summed E-state index contributed by atoms with van der Waals surface area (Å²) in [6.45, 7) is 2.41. The summed E-state index contributed by atoms with van der Waals surface area (Å²) in [5, 5.41) is 0. The van der Waals surface area contributed by atoms with Gasteiger partial charge in [-0.05, 0) is 36.2 Å². The number of nitrogen functional groups attached to an aromatic ring is 1. The number of nitrogens with two attached hydrogens (primary N) is 1. The number of para-hydroxylation sites is 1. The first-order valence-corrected chi connectivity index (χ1v) is 12.1. The molecule has 0 radical (unpaired) electrons. The number of amides is 1. The predicted molar refractivity (Wildman–Crippen MR) is 146 cm³/mol. The van der Waals surface area contributed by atoms with Gasteiger partial charge >= 0.3 is 5.69 Å². The lowest BCUT2D eigenvalue weighted by molar-refractivity contribution is 0.0984. The van der Waals surface area contributed by atoms with Gasteiger partial charge < -0.3 is 10.6 Å². The molecule has 0 aliphatic carbocycles. The first kappa shape index (κ1) is 25.4. The van der Waals surface area contributed by atoms with Gasteiger partial charge in [-0.25, -0.2) is 9.78 Å². The fourth-order valence-electron chi connectivity index (χ4n) is 4.05. The number of pyridine rings is 1. The van der Waals surface area contributed by atoms with E-state index >= 15 is 0 Å². The molecular weight excluding hydrogens is 468 g/mol. The fourth-order valence-corrected chi connectivity index (χ4v) is 4.05. The van der Waals surface area contributed by atoms with Gasteiger partial charge in [-0.1, -0.05) is 61.9 Å². The van der Waals surface area contributed by atoms with Crippen LogP contribution in [-0.2, 0) is 13.1 Å². The molecule has 0 bridgehead atoms. The standard InChI is InChI=1S/C28H30N6O3/c1-3-4-17-33-25(29)24(26(35)31-28(33)37)34(19-20-11-7-5-8-12-20)27(36)21-15-16-23(30-18-21)32(2)22-13-9-6-10-14-22/h5-16,18H,3-4,17,19,29H2,1-2H3,(H,31,35,37). The Balaban J connectivity index is 1.74. The molecule has 2 aromatic carbocycles. The van der Waals surface area contributed by atoms with E-state index in [2.05, 4.69) is 9.97 Å². The Morgan fingerprint density at radius 3 is 2.30 bits per heavy atom. The van der Waals surface area contributed by atoms with E-state index in [0.29, 0.717) is 18.8 Å². The predicted octanol–water partition coefficient (Wildman–Crippen LogP) is 3.93. The molecule has 2 aromatic heterocycles. The summed E-state index contributed by atoms with van der Waals surface area (Å²) in [6, 6.07) is 22.4. The van der Waals surface area contributed by atoms with Gasteiger partial charge in [0.25, 0.3) is 11.5 Å². The molecule has 0 saturated heterocycles. The summed E-state index contributed by atoms with van der Waals surface area (Å²) in [4.78, 5) is 49.3. The van der Waals surface area contributed by atoms with Gasteiger partial charge in [0.15, 0.2) is 5.69 Å². The van der Waals surface area contributed by atoms with Gasteiger partial charge in [0.1, 0.15) is 11.6 Å².